The molecule has 20 heavy (non-hydrogen) atoms. The van der Waals surface area contributed by atoms with Crippen LogP contribution in [0.2, 0.25) is 0 Å². The molecule has 4 heteroatoms. The first kappa shape index (κ1) is 14.4. The van der Waals surface area contributed by atoms with Gasteiger partial charge in [0.15, 0.2) is 0 Å². The van der Waals surface area contributed by atoms with Gasteiger partial charge >= 0.3 is 0 Å². The summed E-state index contributed by atoms with van der Waals surface area (Å²) in [5, 5.41) is 9.47. The van der Waals surface area contributed by atoms with Crippen LogP contribution in [-0.4, -0.2) is 20.1 Å². The van der Waals surface area contributed by atoms with E-state index >= 15 is 0 Å². The van der Waals surface area contributed by atoms with Gasteiger partial charge in [-0.2, -0.15) is 5.26 Å². The van der Waals surface area contributed by atoms with Gasteiger partial charge in [-0.15, -0.1) is 0 Å². The van der Waals surface area contributed by atoms with Gasteiger partial charge in [0, 0.05) is 12.7 Å². The van der Waals surface area contributed by atoms with Gasteiger partial charge in [0.25, 0.3) is 0 Å². The first-order valence-corrected chi connectivity index (χ1v) is 6.96. The Morgan fingerprint density at radius 2 is 1.85 bits per heavy atom. The zero-order valence-corrected chi connectivity index (χ0v) is 12.1. The summed E-state index contributed by atoms with van der Waals surface area (Å²) in [6, 6.07) is 9.59. The van der Waals surface area contributed by atoms with Crippen molar-refractivity contribution in [2.75, 3.05) is 19.1 Å². The minimum absolute atomic E-state index is 0.0927. The van der Waals surface area contributed by atoms with Gasteiger partial charge in [-0.1, -0.05) is 19.3 Å². The van der Waals surface area contributed by atoms with E-state index in [-0.39, 0.29) is 5.91 Å². The highest BCUT2D eigenvalue weighted by molar-refractivity contribution is 5.99. The molecule has 0 bridgehead atoms. The summed E-state index contributed by atoms with van der Waals surface area (Å²) < 4.78 is 5.11. The van der Waals surface area contributed by atoms with E-state index in [1.54, 1.807) is 19.1 Å². The van der Waals surface area contributed by atoms with Crippen LogP contribution in [0.3, 0.4) is 0 Å². The standard InChI is InChI=1S/C16H20N2O2/c1-18(13-6-8-14(20-2)9-7-13)15(19)16(12-17)10-4-3-5-11-16/h6-9H,3-5,10-11H2,1-2H3. The number of hydrogen-bond donors (Lipinski definition) is 0. The molecule has 0 aliphatic heterocycles. The molecule has 0 radical (unpaired) electrons. The van der Waals surface area contributed by atoms with Crippen LogP contribution in [0.1, 0.15) is 32.1 Å². The molecule has 0 aromatic heterocycles. The summed E-state index contributed by atoms with van der Waals surface area (Å²) in [6.45, 7) is 0. The lowest BCUT2D eigenvalue weighted by Crippen LogP contribution is -2.42. The number of anilines is 1. The Hall–Kier alpha value is -2.02. The molecule has 1 amide bonds. The van der Waals surface area contributed by atoms with Crippen LogP contribution in [-0.2, 0) is 4.79 Å². The number of methoxy groups -OCH3 is 1. The summed E-state index contributed by atoms with van der Waals surface area (Å²) in [4.78, 5) is 14.3. The van der Waals surface area contributed by atoms with Gasteiger partial charge in [-0.25, -0.2) is 0 Å². The van der Waals surface area contributed by atoms with Crippen molar-refractivity contribution >= 4 is 11.6 Å². The van der Waals surface area contributed by atoms with E-state index in [2.05, 4.69) is 6.07 Å². The molecule has 0 atom stereocenters. The summed E-state index contributed by atoms with van der Waals surface area (Å²) in [5.41, 5.74) is -0.0524. The molecule has 1 aromatic carbocycles. The molecule has 0 spiro atoms. The maximum atomic E-state index is 12.7. The van der Waals surface area contributed by atoms with Crippen molar-refractivity contribution in [3.63, 3.8) is 0 Å². The van der Waals surface area contributed by atoms with Crippen LogP contribution >= 0.6 is 0 Å². The van der Waals surface area contributed by atoms with Crippen molar-refractivity contribution in [2.24, 2.45) is 5.41 Å². The molecular formula is C16H20N2O2. The third-order valence-electron chi connectivity index (χ3n) is 4.09. The van der Waals surface area contributed by atoms with Gasteiger partial charge in [0.05, 0.1) is 13.2 Å². The number of rotatable bonds is 3. The fourth-order valence-corrected chi connectivity index (χ4v) is 2.77. The highest BCUT2D eigenvalue weighted by Gasteiger charge is 2.41. The predicted octanol–water partition coefficient (Wildman–Crippen LogP) is 3.13. The molecule has 1 fully saturated rings. The molecule has 0 heterocycles. The van der Waals surface area contributed by atoms with E-state index in [4.69, 9.17) is 4.74 Å². The number of benzene rings is 1. The minimum Gasteiger partial charge on any atom is -0.497 e. The third-order valence-corrected chi connectivity index (χ3v) is 4.09. The van der Waals surface area contributed by atoms with Gasteiger partial charge < -0.3 is 9.64 Å². The van der Waals surface area contributed by atoms with E-state index in [1.807, 2.05) is 24.3 Å². The zero-order chi connectivity index (χ0) is 14.6. The smallest absolute Gasteiger partial charge is 0.247 e. The van der Waals surface area contributed by atoms with E-state index < -0.39 is 5.41 Å². The molecule has 1 aliphatic carbocycles. The van der Waals surface area contributed by atoms with E-state index in [0.717, 1.165) is 30.7 Å². The Bertz CT molecular complexity index is 510. The summed E-state index contributed by atoms with van der Waals surface area (Å²) in [7, 11) is 3.34. The van der Waals surface area contributed by atoms with Gasteiger partial charge in [0.1, 0.15) is 11.2 Å². The number of carbonyl (C=O) groups excluding carboxylic acids is 1. The van der Waals surface area contributed by atoms with Crippen molar-refractivity contribution in [1.29, 1.82) is 5.26 Å². The Labute approximate surface area is 120 Å². The summed E-state index contributed by atoms with van der Waals surface area (Å²) in [5.74, 6) is 0.659. The van der Waals surface area contributed by atoms with Crippen LogP contribution < -0.4 is 9.64 Å². The highest BCUT2D eigenvalue weighted by atomic mass is 16.5. The molecule has 0 unspecified atom stereocenters. The molecule has 1 aromatic rings. The van der Waals surface area contributed by atoms with Gasteiger partial charge in [-0.05, 0) is 37.1 Å². The lowest BCUT2D eigenvalue weighted by molar-refractivity contribution is -0.126. The van der Waals surface area contributed by atoms with Gasteiger partial charge in [-0.3, -0.25) is 4.79 Å². The molecule has 106 valence electrons. The average molecular weight is 272 g/mol. The topological polar surface area (TPSA) is 53.3 Å². The molecule has 4 nitrogen and oxygen atoms in total. The number of hydrogen-bond acceptors (Lipinski definition) is 3. The van der Waals surface area contributed by atoms with Crippen molar-refractivity contribution in [3.05, 3.63) is 24.3 Å². The first-order valence-electron chi connectivity index (χ1n) is 6.96. The third kappa shape index (κ3) is 2.62. The maximum absolute atomic E-state index is 12.7. The van der Waals surface area contributed by atoms with E-state index in [9.17, 15) is 10.1 Å². The average Bonchev–Trinajstić information content (AvgIpc) is 2.54. The van der Waals surface area contributed by atoms with E-state index in [0.29, 0.717) is 12.8 Å². The van der Waals surface area contributed by atoms with Gasteiger partial charge in [0.2, 0.25) is 5.91 Å². The molecule has 2 rings (SSSR count). The van der Waals surface area contributed by atoms with Crippen molar-refractivity contribution in [1.82, 2.24) is 0 Å². The van der Waals surface area contributed by atoms with Crippen molar-refractivity contribution < 1.29 is 9.53 Å². The lowest BCUT2D eigenvalue weighted by Gasteiger charge is -2.33. The van der Waals surface area contributed by atoms with Crippen LogP contribution in [0.15, 0.2) is 24.3 Å². The summed E-state index contributed by atoms with van der Waals surface area (Å²) in [6.07, 6.45) is 4.36. The SMILES string of the molecule is COc1ccc(N(C)C(=O)C2(C#N)CCCCC2)cc1. The Balaban J connectivity index is 2.20. The number of carbonyl (C=O) groups is 1. The van der Waals surface area contributed by atoms with Crippen molar-refractivity contribution in [2.45, 2.75) is 32.1 Å². The van der Waals surface area contributed by atoms with Crippen LogP contribution in [0, 0.1) is 16.7 Å². The van der Waals surface area contributed by atoms with Crippen LogP contribution in [0.5, 0.6) is 5.75 Å². The highest BCUT2D eigenvalue weighted by Crippen LogP contribution is 2.38. The molecule has 0 N–H and O–H groups in total. The second-order valence-electron chi connectivity index (χ2n) is 5.32. The van der Waals surface area contributed by atoms with Crippen LogP contribution in [0.25, 0.3) is 0 Å². The quantitative estimate of drug-likeness (QED) is 0.849. The number of ether oxygens (including phenoxy) is 1. The Morgan fingerprint density at radius 1 is 1.25 bits per heavy atom. The normalized spacial score (nSPS) is 17.1. The lowest BCUT2D eigenvalue weighted by atomic mass is 9.74. The Kier molecular flexibility index (Phi) is 4.29. The first-order chi connectivity index (χ1) is 9.63. The maximum Gasteiger partial charge on any atom is 0.247 e. The zero-order valence-electron chi connectivity index (χ0n) is 12.1. The molecular weight excluding hydrogens is 252 g/mol. The van der Waals surface area contributed by atoms with Crippen molar-refractivity contribution in [3.8, 4) is 11.8 Å². The molecule has 1 saturated carbocycles. The molecule has 0 saturated heterocycles. The Morgan fingerprint density at radius 3 is 2.35 bits per heavy atom. The second kappa shape index (κ2) is 5.96. The summed E-state index contributed by atoms with van der Waals surface area (Å²) >= 11 is 0. The van der Waals surface area contributed by atoms with Crippen LogP contribution in [0.4, 0.5) is 5.69 Å². The molecule has 1 aliphatic rings. The largest absolute Gasteiger partial charge is 0.497 e. The fourth-order valence-electron chi connectivity index (χ4n) is 2.77. The predicted molar refractivity (Wildman–Crippen MR) is 77.5 cm³/mol. The minimum atomic E-state index is -0.840. The number of amides is 1. The van der Waals surface area contributed by atoms with E-state index in [1.165, 1.54) is 0 Å². The number of nitrogens with zero attached hydrogens (tertiary/aromatic N) is 2. The monoisotopic (exact) mass is 272 g/mol. The number of nitriles is 1. The fraction of sp³-hybridized carbons (Fsp3) is 0.500. The second-order valence-corrected chi connectivity index (χ2v) is 5.32.